The third kappa shape index (κ3) is 9.02. The Morgan fingerprint density at radius 3 is 1.46 bits per heavy atom. The van der Waals surface area contributed by atoms with Crippen LogP contribution in [0.25, 0.3) is 0 Å². The Balaban J connectivity index is 1.60. The van der Waals surface area contributed by atoms with Crippen molar-refractivity contribution < 1.29 is 10.2 Å². The number of aliphatic hydroxyl groups excluding tert-OH is 2. The molecule has 2 aliphatic heterocycles. The summed E-state index contributed by atoms with van der Waals surface area (Å²) in [5.74, 6) is 0. The fourth-order valence-corrected chi connectivity index (χ4v) is 7.24. The van der Waals surface area contributed by atoms with Crippen LogP contribution in [0.1, 0.15) is 91.9 Å². The molecule has 0 aromatic rings. The SMILES string of the molecule is CC(C)(CO)CCCC1CCC(/C=C\C2CCC(CCCC(C)(C)CO)S2)S1. The van der Waals surface area contributed by atoms with Gasteiger partial charge in [0, 0.05) is 34.2 Å². The summed E-state index contributed by atoms with van der Waals surface area (Å²) in [6, 6.07) is 0. The fourth-order valence-electron chi connectivity index (χ4n) is 4.20. The average Bonchev–Trinajstić information content (AvgIpc) is 3.29. The minimum atomic E-state index is 0.0899. The lowest BCUT2D eigenvalue weighted by molar-refractivity contribution is 0.147. The Kier molecular flexibility index (Phi) is 10.3. The zero-order valence-electron chi connectivity index (χ0n) is 18.7. The summed E-state index contributed by atoms with van der Waals surface area (Å²) in [7, 11) is 0. The van der Waals surface area contributed by atoms with E-state index in [1.807, 2.05) is 0 Å². The molecule has 0 aromatic heterocycles. The monoisotopic (exact) mass is 428 g/mol. The largest absolute Gasteiger partial charge is 0.396 e. The summed E-state index contributed by atoms with van der Waals surface area (Å²) in [4.78, 5) is 0. The van der Waals surface area contributed by atoms with Gasteiger partial charge in [-0.25, -0.2) is 0 Å². The van der Waals surface area contributed by atoms with E-state index in [9.17, 15) is 10.2 Å². The van der Waals surface area contributed by atoms with Crippen LogP contribution < -0.4 is 0 Å². The van der Waals surface area contributed by atoms with Gasteiger partial charge in [-0.2, -0.15) is 23.5 Å². The van der Waals surface area contributed by atoms with E-state index in [1.165, 1.54) is 51.4 Å². The first kappa shape index (κ1) is 24.6. The van der Waals surface area contributed by atoms with Crippen LogP contribution >= 0.6 is 23.5 Å². The van der Waals surface area contributed by atoms with Crippen LogP contribution in [0, 0.1) is 10.8 Å². The molecule has 4 atom stereocenters. The summed E-state index contributed by atoms with van der Waals surface area (Å²) in [6.45, 7) is 9.27. The van der Waals surface area contributed by atoms with Gasteiger partial charge in [-0.15, -0.1) is 0 Å². The topological polar surface area (TPSA) is 40.5 Å². The lowest BCUT2D eigenvalue weighted by Crippen LogP contribution is -2.16. The molecule has 2 saturated heterocycles. The van der Waals surface area contributed by atoms with E-state index in [4.69, 9.17) is 0 Å². The quantitative estimate of drug-likeness (QED) is 0.350. The lowest BCUT2D eigenvalue weighted by atomic mass is 9.88. The van der Waals surface area contributed by atoms with Gasteiger partial charge in [0.05, 0.1) is 0 Å². The Bertz CT molecular complexity index is 433. The van der Waals surface area contributed by atoms with Crippen LogP contribution in [0.2, 0.25) is 0 Å². The molecule has 0 aliphatic carbocycles. The molecule has 2 N–H and O–H groups in total. The molecule has 0 amide bonds. The van der Waals surface area contributed by atoms with Crippen molar-refractivity contribution >= 4 is 23.5 Å². The van der Waals surface area contributed by atoms with E-state index in [0.29, 0.717) is 13.2 Å². The van der Waals surface area contributed by atoms with Crippen molar-refractivity contribution in [2.24, 2.45) is 10.8 Å². The number of hydrogen-bond acceptors (Lipinski definition) is 4. The molecule has 0 spiro atoms. The van der Waals surface area contributed by atoms with Gasteiger partial charge in [0.15, 0.2) is 0 Å². The van der Waals surface area contributed by atoms with Gasteiger partial charge >= 0.3 is 0 Å². The van der Waals surface area contributed by atoms with Crippen molar-refractivity contribution in [2.75, 3.05) is 13.2 Å². The fraction of sp³-hybridized carbons (Fsp3) is 0.917. The first-order valence-electron chi connectivity index (χ1n) is 11.4. The van der Waals surface area contributed by atoms with E-state index in [2.05, 4.69) is 63.4 Å². The Labute approximate surface area is 182 Å². The van der Waals surface area contributed by atoms with Gasteiger partial charge in [0.25, 0.3) is 0 Å². The molecule has 2 fully saturated rings. The second-order valence-corrected chi connectivity index (χ2v) is 13.7. The number of thioether (sulfide) groups is 2. The highest BCUT2D eigenvalue weighted by Gasteiger charge is 2.27. The molecule has 164 valence electrons. The van der Waals surface area contributed by atoms with Crippen LogP contribution in [-0.2, 0) is 0 Å². The highest BCUT2D eigenvalue weighted by Crippen LogP contribution is 2.41. The molecule has 2 aliphatic rings. The van der Waals surface area contributed by atoms with Crippen LogP contribution in [0.3, 0.4) is 0 Å². The van der Waals surface area contributed by atoms with Gasteiger partial charge in [0.1, 0.15) is 0 Å². The maximum absolute atomic E-state index is 9.39. The zero-order valence-corrected chi connectivity index (χ0v) is 20.3. The van der Waals surface area contributed by atoms with Gasteiger partial charge in [-0.05, 0) is 62.2 Å². The summed E-state index contributed by atoms with van der Waals surface area (Å²) in [6.07, 6.45) is 17.8. The van der Waals surface area contributed by atoms with Gasteiger partial charge in [0.2, 0.25) is 0 Å². The van der Waals surface area contributed by atoms with Crippen molar-refractivity contribution in [3.05, 3.63) is 12.2 Å². The second-order valence-electron chi connectivity index (χ2n) is 10.6. The minimum Gasteiger partial charge on any atom is -0.396 e. The predicted octanol–water partition coefficient (Wildman–Crippen LogP) is 6.45. The maximum Gasteiger partial charge on any atom is 0.0482 e. The molecule has 0 aromatic carbocycles. The summed E-state index contributed by atoms with van der Waals surface area (Å²) in [5, 5.41) is 21.9. The minimum absolute atomic E-state index is 0.0899. The van der Waals surface area contributed by atoms with Gasteiger partial charge in [-0.1, -0.05) is 52.7 Å². The van der Waals surface area contributed by atoms with Crippen LogP contribution in [-0.4, -0.2) is 44.4 Å². The summed E-state index contributed by atoms with van der Waals surface area (Å²) in [5.41, 5.74) is 0.180. The third-order valence-corrected chi connectivity index (χ3v) is 9.63. The molecule has 2 rings (SSSR count). The zero-order chi connectivity index (χ0) is 20.6. The number of rotatable bonds is 12. The van der Waals surface area contributed by atoms with E-state index >= 15 is 0 Å². The molecule has 2 nitrogen and oxygen atoms in total. The molecule has 28 heavy (non-hydrogen) atoms. The second kappa shape index (κ2) is 11.7. The van der Waals surface area contributed by atoms with E-state index in [0.717, 1.165) is 33.8 Å². The molecule has 0 saturated carbocycles. The van der Waals surface area contributed by atoms with Crippen molar-refractivity contribution in [1.82, 2.24) is 0 Å². The van der Waals surface area contributed by atoms with Gasteiger partial charge < -0.3 is 10.2 Å². The van der Waals surface area contributed by atoms with E-state index in [1.54, 1.807) is 0 Å². The first-order valence-corrected chi connectivity index (χ1v) is 13.3. The normalized spacial score (nSPS) is 29.2. The molecule has 4 unspecified atom stereocenters. The van der Waals surface area contributed by atoms with Crippen molar-refractivity contribution in [1.29, 1.82) is 0 Å². The standard InChI is InChI=1S/C24H44O2S2/c1-23(2,17-25)15-5-7-19-9-11-21(27-19)13-14-22-12-10-20(28-22)8-6-16-24(3,4)18-26/h13-14,19-22,25-26H,5-12,15-18H2,1-4H3/b14-13-. The molecular formula is C24H44O2S2. The van der Waals surface area contributed by atoms with Crippen molar-refractivity contribution in [3.8, 4) is 0 Å². The summed E-state index contributed by atoms with van der Waals surface area (Å²) < 4.78 is 0. The van der Waals surface area contributed by atoms with Crippen molar-refractivity contribution in [2.45, 2.75) is 113 Å². The van der Waals surface area contributed by atoms with Crippen LogP contribution in [0.15, 0.2) is 12.2 Å². The maximum atomic E-state index is 9.39. The molecule has 0 bridgehead atoms. The Morgan fingerprint density at radius 1 is 0.714 bits per heavy atom. The average molecular weight is 429 g/mol. The molecule has 2 heterocycles. The van der Waals surface area contributed by atoms with Crippen LogP contribution in [0.4, 0.5) is 0 Å². The predicted molar refractivity (Wildman–Crippen MR) is 127 cm³/mol. The van der Waals surface area contributed by atoms with E-state index < -0.39 is 0 Å². The Hall–Kier alpha value is 0.360. The molecule has 4 heteroatoms. The third-order valence-electron chi connectivity index (χ3n) is 6.44. The van der Waals surface area contributed by atoms with Crippen molar-refractivity contribution in [3.63, 3.8) is 0 Å². The number of aliphatic hydroxyl groups is 2. The molecular weight excluding hydrogens is 384 g/mol. The lowest BCUT2D eigenvalue weighted by Gasteiger charge is -2.22. The Morgan fingerprint density at radius 2 is 1.11 bits per heavy atom. The van der Waals surface area contributed by atoms with Crippen LogP contribution in [0.5, 0.6) is 0 Å². The molecule has 0 radical (unpaired) electrons. The van der Waals surface area contributed by atoms with E-state index in [-0.39, 0.29) is 10.8 Å². The number of hydrogen-bond donors (Lipinski definition) is 2. The first-order chi connectivity index (χ1) is 13.2. The summed E-state index contributed by atoms with van der Waals surface area (Å²) >= 11 is 4.38. The smallest absolute Gasteiger partial charge is 0.0482 e. The highest BCUT2D eigenvalue weighted by molar-refractivity contribution is 8.01. The highest BCUT2D eigenvalue weighted by atomic mass is 32.2. The van der Waals surface area contributed by atoms with Gasteiger partial charge in [-0.3, -0.25) is 0 Å².